The van der Waals surface area contributed by atoms with Crippen LogP contribution in [0.15, 0.2) is 60.8 Å². The number of alkyl carbamates (subject to hydrolysis) is 1. The maximum atomic E-state index is 14.4. The number of rotatable bonds is 19. The molecule has 2 aromatic heterocycles. The van der Waals surface area contributed by atoms with Gasteiger partial charge in [0.05, 0.1) is 49.2 Å². The van der Waals surface area contributed by atoms with Crippen molar-refractivity contribution in [3.05, 3.63) is 77.6 Å². The minimum atomic E-state index is -2.07. The Labute approximate surface area is 440 Å². The van der Waals surface area contributed by atoms with Gasteiger partial charge < -0.3 is 43.1 Å². The number of benzene rings is 2. The number of aryl methyl sites for hydroxylation is 1. The second-order valence-corrected chi connectivity index (χ2v) is 28.0. The van der Waals surface area contributed by atoms with Gasteiger partial charge in [0, 0.05) is 101 Å². The monoisotopic (exact) mass is 1040 g/mol. The molecule has 404 valence electrons. The second kappa shape index (κ2) is 23.5. The van der Waals surface area contributed by atoms with Crippen LogP contribution in [0.3, 0.4) is 0 Å². The van der Waals surface area contributed by atoms with Crippen LogP contribution in [0, 0.1) is 5.41 Å². The van der Waals surface area contributed by atoms with Gasteiger partial charge in [-0.15, -0.1) is 0 Å². The summed E-state index contributed by atoms with van der Waals surface area (Å²) >= 11 is 0. The first-order valence-corrected chi connectivity index (χ1v) is 30.0. The van der Waals surface area contributed by atoms with Crippen molar-refractivity contribution in [1.29, 1.82) is 0 Å². The number of nitrogens with zero attached hydrogens (tertiary/aromatic N) is 6. The molecule has 0 spiro atoms. The minimum Gasteiger partial charge on any atom is -0.468 e. The summed E-state index contributed by atoms with van der Waals surface area (Å²) in [7, 11) is 1.03. The predicted octanol–water partition coefficient (Wildman–Crippen LogP) is 8.86. The fourth-order valence-corrected chi connectivity index (χ4v) is 11.7. The maximum Gasteiger partial charge on any atom is 0.408 e. The topological polar surface area (TPSA) is 152 Å². The molecule has 1 saturated carbocycles. The van der Waals surface area contributed by atoms with E-state index in [-0.39, 0.29) is 35.5 Å². The smallest absolute Gasteiger partial charge is 0.408 e. The van der Waals surface area contributed by atoms with E-state index in [9.17, 15) is 14.4 Å². The van der Waals surface area contributed by atoms with E-state index in [1.54, 1.807) is 7.11 Å². The fraction of sp³-hybridized carbons (Fsp3) is 0.614. The molecule has 4 fully saturated rings. The van der Waals surface area contributed by atoms with Gasteiger partial charge in [-0.25, -0.2) is 10.2 Å². The van der Waals surface area contributed by atoms with E-state index >= 15 is 0 Å². The summed E-state index contributed by atoms with van der Waals surface area (Å²) in [5, 5.41) is 5.55. The van der Waals surface area contributed by atoms with E-state index in [1.807, 2.05) is 36.5 Å². The van der Waals surface area contributed by atoms with Crippen molar-refractivity contribution in [2.45, 2.75) is 149 Å². The summed E-state index contributed by atoms with van der Waals surface area (Å²) < 4.78 is 32.6. The second-order valence-electron chi connectivity index (χ2n) is 23.2. The van der Waals surface area contributed by atoms with Crippen LogP contribution in [0.1, 0.15) is 103 Å². The summed E-state index contributed by atoms with van der Waals surface area (Å²) in [4.78, 5) is 53.1. The van der Waals surface area contributed by atoms with Crippen molar-refractivity contribution >= 4 is 48.6 Å². The first kappa shape index (κ1) is 55.2. The highest BCUT2D eigenvalue weighted by Crippen LogP contribution is 2.44. The zero-order valence-electron chi connectivity index (χ0n) is 46.1. The highest BCUT2D eigenvalue weighted by atomic mass is 28.4. The summed E-state index contributed by atoms with van der Waals surface area (Å²) in [6.45, 7) is 27.9. The Morgan fingerprint density at radius 3 is 2.34 bits per heavy atom. The number of amides is 2. The lowest BCUT2D eigenvalue weighted by atomic mass is 9.84. The molecule has 2 amide bonds. The third-order valence-corrected chi connectivity index (χ3v) is 20.6. The van der Waals surface area contributed by atoms with Gasteiger partial charge in [0.25, 0.3) is 5.91 Å². The summed E-state index contributed by atoms with van der Waals surface area (Å²) in [5.74, 6) is -0.824. The van der Waals surface area contributed by atoms with Gasteiger partial charge in [0.15, 0.2) is 8.32 Å². The molecular weight excluding hydrogens is 953 g/mol. The molecule has 3 unspecified atom stereocenters. The number of hydrogen-bond donors (Lipinski definition) is 2. The number of morpholine rings is 1. The van der Waals surface area contributed by atoms with E-state index in [0.717, 1.165) is 84.6 Å². The number of fused-ring (bicyclic) bond motifs is 1. The zero-order valence-corrected chi connectivity index (χ0v) is 47.1. The van der Waals surface area contributed by atoms with Gasteiger partial charge in [-0.3, -0.25) is 24.5 Å². The van der Waals surface area contributed by atoms with E-state index in [2.05, 4.69) is 116 Å². The van der Waals surface area contributed by atoms with Crippen LogP contribution in [0.25, 0.3) is 22.2 Å². The van der Waals surface area contributed by atoms with Crippen molar-refractivity contribution in [2.24, 2.45) is 5.41 Å². The zero-order chi connectivity index (χ0) is 53.0. The number of esters is 1. The molecule has 0 radical (unpaired) electrons. The number of pyridine rings is 1. The highest BCUT2D eigenvalue weighted by Gasteiger charge is 2.40. The lowest BCUT2D eigenvalue weighted by Gasteiger charge is -2.39. The quantitative estimate of drug-likeness (QED) is 0.0680. The molecule has 5 heterocycles. The van der Waals surface area contributed by atoms with E-state index in [1.165, 1.54) is 35.9 Å². The molecule has 17 heteroatoms. The highest BCUT2D eigenvalue weighted by molar-refractivity contribution is 6.74. The molecule has 3 saturated heterocycles. The van der Waals surface area contributed by atoms with Crippen molar-refractivity contribution in [3.8, 4) is 11.3 Å². The van der Waals surface area contributed by atoms with Crippen LogP contribution >= 0.6 is 0 Å². The van der Waals surface area contributed by atoms with Gasteiger partial charge in [0.1, 0.15) is 18.7 Å². The SMILES string of the molecule is CCn1c(-c2cc(N3CCN(C4CC4)CC3)cnc2[C@H](C)OC)c(CC(C)(C)CO[Si](C)(C)C(C)(C)C)c2cc(N3CCOC(CC(NC(=O)OCc4ccccc4)C(=O)N4CCCC(C(=O)OC)N4)C3)ccc21. The van der Waals surface area contributed by atoms with Crippen molar-refractivity contribution in [2.75, 3.05) is 83.0 Å². The molecule has 2 N–H and O–H groups in total. The largest absolute Gasteiger partial charge is 0.468 e. The van der Waals surface area contributed by atoms with Crippen molar-refractivity contribution < 1.29 is 37.8 Å². The molecule has 2 aromatic carbocycles. The van der Waals surface area contributed by atoms with Crippen molar-refractivity contribution in [1.82, 2.24) is 30.2 Å². The Kier molecular flexibility index (Phi) is 17.5. The molecule has 1 aliphatic carbocycles. The van der Waals surface area contributed by atoms with E-state index in [4.69, 9.17) is 28.4 Å². The van der Waals surface area contributed by atoms with Crippen LogP contribution < -0.4 is 20.5 Å². The van der Waals surface area contributed by atoms with Crippen LogP contribution in [-0.2, 0) is 52.5 Å². The van der Waals surface area contributed by atoms with Gasteiger partial charge in [0.2, 0.25) is 0 Å². The molecule has 3 aliphatic heterocycles. The third-order valence-electron chi connectivity index (χ3n) is 16.1. The Morgan fingerprint density at radius 1 is 0.919 bits per heavy atom. The van der Waals surface area contributed by atoms with Crippen LogP contribution in [0.5, 0.6) is 0 Å². The number of carbonyl (C=O) groups excluding carboxylic acids is 3. The molecule has 0 bridgehead atoms. The average Bonchev–Trinajstić information content (AvgIpc) is 4.21. The molecule has 4 aliphatic rings. The van der Waals surface area contributed by atoms with Gasteiger partial charge >= 0.3 is 12.1 Å². The first-order valence-electron chi connectivity index (χ1n) is 27.1. The lowest BCUT2D eigenvalue weighted by Crippen LogP contribution is -2.60. The van der Waals surface area contributed by atoms with Crippen LogP contribution in [-0.4, -0.2) is 143 Å². The molecule has 4 aromatic rings. The number of nitrogens with one attached hydrogen (secondary N) is 2. The normalized spacial score (nSPS) is 20.1. The summed E-state index contributed by atoms with van der Waals surface area (Å²) in [6.07, 6.45) is 5.36. The third kappa shape index (κ3) is 13.0. The number of ether oxygens (including phenoxy) is 4. The average molecular weight is 1040 g/mol. The van der Waals surface area contributed by atoms with Crippen molar-refractivity contribution in [3.63, 3.8) is 0 Å². The summed E-state index contributed by atoms with van der Waals surface area (Å²) in [6, 6.07) is 17.7. The molecule has 74 heavy (non-hydrogen) atoms. The molecule has 16 nitrogen and oxygen atoms in total. The Morgan fingerprint density at radius 2 is 1.66 bits per heavy atom. The molecule has 8 rings (SSSR count). The van der Waals surface area contributed by atoms with E-state index < -0.39 is 38.6 Å². The van der Waals surface area contributed by atoms with Gasteiger partial charge in [-0.2, -0.15) is 0 Å². The maximum absolute atomic E-state index is 14.4. The number of carbonyl (C=O) groups is 3. The predicted molar refractivity (Wildman–Crippen MR) is 294 cm³/mol. The van der Waals surface area contributed by atoms with Crippen LogP contribution in [0.2, 0.25) is 18.1 Å². The fourth-order valence-electron chi connectivity index (χ4n) is 10.5. The summed E-state index contributed by atoms with van der Waals surface area (Å²) in [5.41, 5.74) is 11.4. The minimum absolute atomic E-state index is 0.0484. The number of aromatic nitrogens is 2. The number of anilines is 2. The van der Waals surface area contributed by atoms with Crippen LogP contribution in [0.4, 0.5) is 16.2 Å². The van der Waals surface area contributed by atoms with E-state index in [0.29, 0.717) is 45.7 Å². The first-order chi connectivity index (χ1) is 35.3. The molecule has 4 atom stereocenters. The standard InChI is InChI=1S/C57H84N8O8Si/c1-12-64-50-23-22-42(63-29-30-71-44(36-63)33-49(59-55(68)72-37-40-17-14-13-15-18-40)53(66)65-24-16-19-48(60-65)54(67)70-9)31-45(50)47(34-57(6,7)38-73-74(10,11)56(3,4)5)52(64)46-32-43(35-58-51(46)39(2)69-8)62-27-25-61(26-28-62)41-20-21-41/h13-15,17-18,22-23,31-32,35,39,41,44,48-49,60H,12,16,19-21,24-30,33-34,36-38H2,1-11H3,(H,59,68)/t39-,44?,48?,49?/m0/s1. The number of piperazine rings is 1. The molecular formula is C57H84N8O8Si. The number of hydrogen-bond acceptors (Lipinski definition) is 13. The Bertz CT molecular complexity index is 2570. The number of hydrazine groups is 1. The Balaban J connectivity index is 1.13. The number of methoxy groups -OCH3 is 2. The van der Waals surface area contributed by atoms with Gasteiger partial charge in [-0.05, 0) is 105 Å². The lowest BCUT2D eigenvalue weighted by molar-refractivity contribution is -0.150. The van der Waals surface area contributed by atoms with Gasteiger partial charge in [-0.1, -0.05) is 65.0 Å². The Hall–Kier alpha value is -5.04.